The maximum absolute atomic E-state index is 11.5. The summed E-state index contributed by atoms with van der Waals surface area (Å²) in [5.74, 6) is 5.62. The van der Waals surface area contributed by atoms with Crippen LogP contribution in [0.3, 0.4) is 0 Å². The van der Waals surface area contributed by atoms with Gasteiger partial charge in [-0.3, -0.25) is 4.79 Å². The SMILES string of the molecule is CC#CC/C(C(C)=O)=C(/N)c1ccccc1.[HH]. The number of carbonyl (C=O) groups is 1. The van der Waals surface area contributed by atoms with Crippen LogP contribution in [0.2, 0.25) is 0 Å². The molecule has 0 aliphatic heterocycles. The van der Waals surface area contributed by atoms with Crippen molar-refractivity contribution in [3.05, 3.63) is 41.5 Å². The predicted octanol–water partition coefficient (Wildman–Crippen LogP) is 2.60. The average Bonchev–Trinajstić information content (AvgIpc) is 2.30. The zero-order valence-electron chi connectivity index (χ0n) is 9.58. The molecule has 0 atom stereocenters. The van der Waals surface area contributed by atoms with Gasteiger partial charge in [-0.15, -0.1) is 5.92 Å². The molecule has 0 spiro atoms. The third-order valence-corrected chi connectivity index (χ3v) is 2.28. The van der Waals surface area contributed by atoms with Crippen LogP contribution in [-0.4, -0.2) is 5.78 Å². The van der Waals surface area contributed by atoms with Gasteiger partial charge in [0.15, 0.2) is 5.78 Å². The van der Waals surface area contributed by atoms with Crippen molar-refractivity contribution in [1.29, 1.82) is 0 Å². The molecule has 0 amide bonds. The summed E-state index contributed by atoms with van der Waals surface area (Å²) in [6, 6.07) is 9.47. The number of rotatable bonds is 3. The lowest BCUT2D eigenvalue weighted by Gasteiger charge is -2.06. The summed E-state index contributed by atoms with van der Waals surface area (Å²) in [6.45, 7) is 3.26. The minimum Gasteiger partial charge on any atom is -0.398 e. The Morgan fingerprint density at radius 2 is 2.00 bits per heavy atom. The quantitative estimate of drug-likeness (QED) is 0.622. The first-order valence-electron chi connectivity index (χ1n) is 5.11. The number of hydrogen-bond donors (Lipinski definition) is 1. The fourth-order valence-electron chi connectivity index (χ4n) is 1.38. The molecule has 2 nitrogen and oxygen atoms in total. The molecule has 2 N–H and O–H groups in total. The van der Waals surface area contributed by atoms with Crippen molar-refractivity contribution >= 4 is 11.5 Å². The summed E-state index contributed by atoms with van der Waals surface area (Å²) in [7, 11) is 0. The minimum atomic E-state index is -0.0240. The van der Waals surface area contributed by atoms with Gasteiger partial charge in [0.1, 0.15) is 0 Å². The molecule has 0 aromatic heterocycles. The van der Waals surface area contributed by atoms with Crippen LogP contribution in [0.25, 0.3) is 5.70 Å². The lowest BCUT2D eigenvalue weighted by molar-refractivity contribution is -0.113. The molecule has 0 saturated heterocycles. The first-order chi connectivity index (χ1) is 7.66. The van der Waals surface area contributed by atoms with Gasteiger partial charge < -0.3 is 5.73 Å². The first kappa shape index (κ1) is 12.1. The summed E-state index contributed by atoms with van der Waals surface area (Å²) < 4.78 is 0. The maximum atomic E-state index is 11.5. The van der Waals surface area contributed by atoms with Gasteiger partial charge in [-0.2, -0.15) is 0 Å². The van der Waals surface area contributed by atoms with Crippen molar-refractivity contribution in [3.8, 4) is 11.8 Å². The van der Waals surface area contributed by atoms with Gasteiger partial charge in [0.05, 0.1) is 0 Å². The largest absolute Gasteiger partial charge is 0.398 e. The van der Waals surface area contributed by atoms with Gasteiger partial charge in [0.2, 0.25) is 0 Å². The van der Waals surface area contributed by atoms with E-state index in [1.54, 1.807) is 6.92 Å². The molecule has 1 aromatic carbocycles. The van der Waals surface area contributed by atoms with E-state index in [1.165, 1.54) is 6.92 Å². The van der Waals surface area contributed by atoms with Crippen LogP contribution in [0.4, 0.5) is 0 Å². The van der Waals surface area contributed by atoms with E-state index in [-0.39, 0.29) is 7.21 Å². The van der Waals surface area contributed by atoms with Gasteiger partial charge in [0.25, 0.3) is 0 Å². The number of benzene rings is 1. The highest BCUT2D eigenvalue weighted by molar-refractivity contribution is 6.00. The van der Waals surface area contributed by atoms with Gasteiger partial charge in [-0.1, -0.05) is 36.3 Å². The van der Waals surface area contributed by atoms with Gasteiger partial charge in [-0.05, 0) is 19.4 Å². The van der Waals surface area contributed by atoms with Crippen LogP contribution in [0.1, 0.15) is 27.3 Å². The second-order valence-electron chi connectivity index (χ2n) is 3.42. The predicted molar refractivity (Wildman–Crippen MR) is 68.4 cm³/mol. The van der Waals surface area contributed by atoms with E-state index in [9.17, 15) is 4.79 Å². The number of allylic oxidation sites excluding steroid dienone is 1. The van der Waals surface area contributed by atoms with Crippen molar-refractivity contribution in [2.24, 2.45) is 5.73 Å². The first-order valence-corrected chi connectivity index (χ1v) is 5.11. The Morgan fingerprint density at radius 3 is 2.50 bits per heavy atom. The Hall–Kier alpha value is -2.01. The number of nitrogens with two attached hydrogens (primary N) is 1. The molecule has 0 aliphatic carbocycles. The fraction of sp³-hybridized carbons (Fsp3) is 0.214. The average molecular weight is 215 g/mol. The number of ketones is 1. The van der Waals surface area contributed by atoms with E-state index in [0.717, 1.165) is 5.56 Å². The molecule has 2 heteroatoms. The molecule has 1 rings (SSSR count). The van der Waals surface area contributed by atoms with E-state index in [0.29, 0.717) is 17.7 Å². The Kier molecular flexibility index (Phi) is 4.35. The van der Waals surface area contributed by atoms with Gasteiger partial charge in [0, 0.05) is 19.1 Å². The Morgan fingerprint density at radius 1 is 1.38 bits per heavy atom. The zero-order valence-corrected chi connectivity index (χ0v) is 9.58. The van der Waals surface area contributed by atoms with E-state index in [4.69, 9.17) is 5.73 Å². The molecular formula is C14H17NO. The minimum absolute atomic E-state index is 0. The highest BCUT2D eigenvalue weighted by Crippen LogP contribution is 2.16. The maximum Gasteiger partial charge on any atom is 0.158 e. The molecule has 0 radical (unpaired) electrons. The molecule has 16 heavy (non-hydrogen) atoms. The van der Waals surface area contributed by atoms with E-state index in [1.807, 2.05) is 30.3 Å². The molecule has 0 fully saturated rings. The topological polar surface area (TPSA) is 43.1 Å². The molecule has 0 heterocycles. The number of hydrogen-bond acceptors (Lipinski definition) is 2. The molecule has 0 saturated carbocycles. The Balaban J connectivity index is 0.00000256. The molecular weight excluding hydrogens is 198 g/mol. The van der Waals surface area contributed by atoms with Crippen molar-refractivity contribution in [3.63, 3.8) is 0 Å². The lowest BCUT2D eigenvalue weighted by Crippen LogP contribution is -2.07. The standard InChI is InChI=1S/C14H15NO.H2/c1-3-4-10-13(11(2)16)14(15)12-8-6-5-7-9-12;/h5-9H,10,15H2,1-2H3;1H/b14-13-;. The second kappa shape index (κ2) is 5.77. The van der Waals surface area contributed by atoms with Crippen LogP contribution >= 0.6 is 0 Å². The van der Waals surface area contributed by atoms with Crippen LogP contribution in [0, 0.1) is 11.8 Å². The van der Waals surface area contributed by atoms with Crippen molar-refractivity contribution in [2.45, 2.75) is 20.3 Å². The highest BCUT2D eigenvalue weighted by Gasteiger charge is 2.09. The van der Waals surface area contributed by atoms with Crippen molar-refractivity contribution < 1.29 is 6.22 Å². The van der Waals surface area contributed by atoms with Gasteiger partial charge >= 0.3 is 0 Å². The van der Waals surface area contributed by atoms with E-state index in [2.05, 4.69) is 11.8 Å². The molecule has 0 aliphatic rings. The fourth-order valence-corrected chi connectivity index (χ4v) is 1.38. The van der Waals surface area contributed by atoms with Gasteiger partial charge in [-0.25, -0.2) is 0 Å². The number of Topliss-reactive ketones (excluding diaryl/α,β-unsaturated/α-hetero) is 1. The molecule has 0 bridgehead atoms. The normalized spacial score (nSPS) is 11.1. The summed E-state index contributed by atoms with van der Waals surface area (Å²) in [4.78, 5) is 11.5. The summed E-state index contributed by atoms with van der Waals surface area (Å²) in [6.07, 6.45) is 0.409. The summed E-state index contributed by atoms with van der Waals surface area (Å²) in [5, 5.41) is 0. The molecule has 1 aromatic rings. The third-order valence-electron chi connectivity index (χ3n) is 2.28. The third kappa shape index (κ3) is 2.99. The Bertz CT molecular complexity index is 466. The zero-order chi connectivity index (χ0) is 12.0. The van der Waals surface area contributed by atoms with E-state index >= 15 is 0 Å². The summed E-state index contributed by atoms with van der Waals surface area (Å²) >= 11 is 0. The number of carbonyl (C=O) groups excluding carboxylic acids is 1. The van der Waals surface area contributed by atoms with Crippen LogP contribution in [0.15, 0.2) is 35.9 Å². The molecule has 84 valence electrons. The van der Waals surface area contributed by atoms with Crippen LogP contribution in [-0.2, 0) is 4.79 Å². The monoisotopic (exact) mass is 215 g/mol. The van der Waals surface area contributed by atoms with E-state index < -0.39 is 0 Å². The van der Waals surface area contributed by atoms with Crippen molar-refractivity contribution in [2.75, 3.05) is 0 Å². The smallest absolute Gasteiger partial charge is 0.158 e. The van der Waals surface area contributed by atoms with Crippen LogP contribution < -0.4 is 5.73 Å². The summed E-state index contributed by atoms with van der Waals surface area (Å²) in [5.41, 5.74) is 7.95. The second-order valence-corrected chi connectivity index (χ2v) is 3.42. The highest BCUT2D eigenvalue weighted by atomic mass is 16.1. The Labute approximate surface area is 97.6 Å². The van der Waals surface area contributed by atoms with Crippen LogP contribution in [0.5, 0.6) is 0 Å². The lowest BCUT2D eigenvalue weighted by atomic mass is 10.0. The molecule has 0 unspecified atom stereocenters. The van der Waals surface area contributed by atoms with Crippen molar-refractivity contribution in [1.82, 2.24) is 0 Å².